The van der Waals surface area contributed by atoms with Crippen molar-refractivity contribution in [3.8, 4) is 0 Å². The SMILES string of the molecule is CC(C)NC(=O)[C@@H]1C[C@@H](NC(=O)c2ccccc2)CN1C(=O)CN. The quantitative estimate of drug-likeness (QED) is 0.698. The number of nitrogens with one attached hydrogen (secondary N) is 2. The van der Waals surface area contributed by atoms with E-state index in [9.17, 15) is 14.4 Å². The standard InChI is InChI=1S/C17H24N4O3/c1-11(2)19-17(24)14-8-13(10-21(14)15(22)9-18)20-16(23)12-6-4-3-5-7-12/h3-7,11,13-14H,8-10,18H2,1-2H3,(H,19,24)(H,20,23)/t13-,14+/m1/s1. The van der Waals surface area contributed by atoms with Crippen LogP contribution in [0.2, 0.25) is 0 Å². The topological polar surface area (TPSA) is 105 Å². The second-order valence-electron chi connectivity index (χ2n) is 6.20. The third kappa shape index (κ3) is 4.32. The number of carbonyl (C=O) groups excluding carboxylic acids is 3. The van der Waals surface area contributed by atoms with E-state index in [1.165, 1.54) is 4.90 Å². The molecule has 130 valence electrons. The summed E-state index contributed by atoms with van der Waals surface area (Å²) in [7, 11) is 0. The second kappa shape index (κ2) is 7.92. The molecular weight excluding hydrogens is 308 g/mol. The van der Waals surface area contributed by atoms with Crippen LogP contribution in [0.15, 0.2) is 30.3 Å². The van der Waals surface area contributed by atoms with Crippen molar-refractivity contribution in [2.45, 2.75) is 38.4 Å². The van der Waals surface area contributed by atoms with E-state index in [2.05, 4.69) is 10.6 Å². The zero-order valence-electron chi connectivity index (χ0n) is 14.0. The lowest BCUT2D eigenvalue weighted by Crippen LogP contribution is -2.49. The summed E-state index contributed by atoms with van der Waals surface area (Å²) in [6.07, 6.45) is 0.378. The minimum atomic E-state index is -0.607. The average Bonchev–Trinajstić information content (AvgIpc) is 2.98. The average molecular weight is 332 g/mol. The minimum absolute atomic E-state index is 0.0229. The van der Waals surface area contributed by atoms with Gasteiger partial charge in [0, 0.05) is 24.2 Å². The fourth-order valence-corrected chi connectivity index (χ4v) is 2.82. The summed E-state index contributed by atoms with van der Waals surface area (Å²) in [6, 6.07) is 7.93. The molecule has 2 atom stereocenters. The van der Waals surface area contributed by atoms with Gasteiger partial charge in [-0.25, -0.2) is 0 Å². The fraction of sp³-hybridized carbons (Fsp3) is 0.471. The number of hydrogen-bond donors (Lipinski definition) is 3. The lowest BCUT2D eigenvalue weighted by atomic mass is 10.1. The Labute approximate surface area is 141 Å². The third-order valence-corrected chi connectivity index (χ3v) is 3.90. The molecule has 1 aliphatic heterocycles. The van der Waals surface area contributed by atoms with E-state index in [4.69, 9.17) is 5.73 Å². The lowest BCUT2D eigenvalue weighted by molar-refractivity contribution is -0.137. The molecule has 7 nitrogen and oxygen atoms in total. The van der Waals surface area contributed by atoms with Crippen molar-refractivity contribution < 1.29 is 14.4 Å². The smallest absolute Gasteiger partial charge is 0.251 e. The van der Waals surface area contributed by atoms with Crippen LogP contribution in [0.5, 0.6) is 0 Å². The Morgan fingerprint density at radius 3 is 2.50 bits per heavy atom. The highest BCUT2D eigenvalue weighted by Gasteiger charge is 2.39. The molecule has 24 heavy (non-hydrogen) atoms. The first-order valence-corrected chi connectivity index (χ1v) is 8.08. The maximum atomic E-state index is 12.3. The Balaban J connectivity index is 2.06. The van der Waals surface area contributed by atoms with Gasteiger partial charge in [-0.05, 0) is 32.4 Å². The molecule has 4 N–H and O–H groups in total. The Hall–Kier alpha value is -2.41. The van der Waals surface area contributed by atoms with E-state index in [1.807, 2.05) is 19.9 Å². The zero-order chi connectivity index (χ0) is 17.7. The van der Waals surface area contributed by atoms with Gasteiger partial charge < -0.3 is 21.3 Å². The van der Waals surface area contributed by atoms with Crippen molar-refractivity contribution in [2.24, 2.45) is 5.73 Å². The van der Waals surface area contributed by atoms with Gasteiger partial charge in [-0.15, -0.1) is 0 Å². The van der Waals surface area contributed by atoms with E-state index in [-0.39, 0.29) is 42.9 Å². The minimum Gasteiger partial charge on any atom is -0.352 e. The van der Waals surface area contributed by atoms with Gasteiger partial charge in [-0.2, -0.15) is 0 Å². The Kier molecular flexibility index (Phi) is 5.92. The summed E-state index contributed by atoms with van der Waals surface area (Å²) in [6.45, 7) is 3.84. The molecule has 0 radical (unpaired) electrons. The molecule has 3 amide bonds. The first kappa shape index (κ1) is 17.9. The highest BCUT2D eigenvalue weighted by molar-refractivity contribution is 5.95. The van der Waals surface area contributed by atoms with Crippen LogP contribution >= 0.6 is 0 Å². The molecule has 0 bridgehead atoms. The number of nitrogens with zero attached hydrogens (tertiary/aromatic N) is 1. The second-order valence-corrected chi connectivity index (χ2v) is 6.20. The lowest BCUT2D eigenvalue weighted by Gasteiger charge is -2.24. The van der Waals surface area contributed by atoms with Gasteiger partial charge in [0.2, 0.25) is 11.8 Å². The molecule has 1 saturated heterocycles. The zero-order valence-corrected chi connectivity index (χ0v) is 14.0. The molecule has 0 saturated carbocycles. The number of likely N-dealkylation sites (tertiary alicyclic amines) is 1. The molecular formula is C17H24N4O3. The number of carbonyl (C=O) groups is 3. The van der Waals surface area contributed by atoms with Gasteiger partial charge in [-0.1, -0.05) is 18.2 Å². The van der Waals surface area contributed by atoms with Crippen LogP contribution in [0.25, 0.3) is 0 Å². The maximum absolute atomic E-state index is 12.3. The highest BCUT2D eigenvalue weighted by atomic mass is 16.2. The summed E-state index contributed by atoms with van der Waals surface area (Å²) < 4.78 is 0. The van der Waals surface area contributed by atoms with E-state index in [1.54, 1.807) is 24.3 Å². The third-order valence-electron chi connectivity index (χ3n) is 3.90. The van der Waals surface area contributed by atoms with Crippen molar-refractivity contribution >= 4 is 17.7 Å². The molecule has 0 spiro atoms. The van der Waals surface area contributed by atoms with E-state index in [0.29, 0.717) is 12.0 Å². The molecule has 1 heterocycles. The van der Waals surface area contributed by atoms with Crippen LogP contribution in [0.3, 0.4) is 0 Å². The predicted molar refractivity (Wildman–Crippen MR) is 90.1 cm³/mol. The van der Waals surface area contributed by atoms with E-state index in [0.717, 1.165) is 0 Å². The van der Waals surface area contributed by atoms with Crippen molar-refractivity contribution in [1.29, 1.82) is 0 Å². The molecule has 2 rings (SSSR count). The Morgan fingerprint density at radius 1 is 1.25 bits per heavy atom. The van der Waals surface area contributed by atoms with Crippen LogP contribution in [-0.2, 0) is 9.59 Å². The number of benzene rings is 1. The molecule has 1 aromatic carbocycles. The summed E-state index contributed by atoms with van der Waals surface area (Å²) in [5, 5.41) is 5.70. The highest BCUT2D eigenvalue weighted by Crippen LogP contribution is 2.19. The molecule has 1 fully saturated rings. The van der Waals surface area contributed by atoms with Gasteiger partial charge in [0.1, 0.15) is 6.04 Å². The summed E-state index contributed by atoms with van der Waals surface area (Å²) in [4.78, 5) is 38.1. The van der Waals surface area contributed by atoms with Gasteiger partial charge >= 0.3 is 0 Å². The van der Waals surface area contributed by atoms with Gasteiger partial charge in [0.15, 0.2) is 0 Å². The molecule has 7 heteroatoms. The molecule has 1 aliphatic rings. The van der Waals surface area contributed by atoms with Crippen LogP contribution in [0.1, 0.15) is 30.6 Å². The van der Waals surface area contributed by atoms with E-state index < -0.39 is 6.04 Å². The molecule has 1 aromatic rings. The van der Waals surface area contributed by atoms with Crippen molar-refractivity contribution in [3.63, 3.8) is 0 Å². The number of rotatable bonds is 5. The molecule has 0 aromatic heterocycles. The summed E-state index contributed by atoms with van der Waals surface area (Å²) >= 11 is 0. The van der Waals surface area contributed by atoms with Gasteiger partial charge in [0.05, 0.1) is 6.54 Å². The Morgan fingerprint density at radius 2 is 1.92 bits per heavy atom. The summed E-state index contributed by atoms with van der Waals surface area (Å²) in [5.74, 6) is -0.732. The van der Waals surface area contributed by atoms with Gasteiger partial charge in [-0.3, -0.25) is 14.4 Å². The monoisotopic (exact) mass is 332 g/mol. The van der Waals surface area contributed by atoms with Crippen LogP contribution < -0.4 is 16.4 Å². The summed E-state index contributed by atoms with van der Waals surface area (Å²) in [5.41, 5.74) is 5.99. The Bertz CT molecular complexity index is 603. The first-order chi connectivity index (χ1) is 11.4. The maximum Gasteiger partial charge on any atom is 0.251 e. The van der Waals surface area contributed by atoms with Crippen LogP contribution in [0, 0.1) is 0 Å². The molecule has 0 aliphatic carbocycles. The molecule has 0 unspecified atom stereocenters. The number of amides is 3. The van der Waals surface area contributed by atoms with Gasteiger partial charge in [0.25, 0.3) is 5.91 Å². The van der Waals surface area contributed by atoms with Crippen LogP contribution in [-0.4, -0.2) is 53.8 Å². The van der Waals surface area contributed by atoms with Crippen molar-refractivity contribution in [2.75, 3.05) is 13.1 Å². The number of hydrogen-bond acceptors (Lipinski definition) is 4. The fourth-order valence-electron chi connectivity index (χ4n) is 2.82. The van der Waals surface area contributed by atoms with Crippen LogP contribution in [0.4, 0.5) is 0 Å². The number of nitrogens with two attached hydrogens (primary N) is 1. The normalized spacial score (nSPS) is 20.1. The van der Waals surface area contributed by atoms with Crippen molar-refractivity contribution in [1.82, 2.24) is 15.5 Å². The first-order valence-electron chi connectivity index (χ1n) is 8.08. The van der Waals surface area contributed by atoms with E-state index >= 15 is 0 Å². The predicted octanol–water partition coefficient (Wildman–Crippen LogP) is -0.131. The largest absolute Gasteiger partial charge is 0.352 e. The van der Waals surface area contributed by atoms with Crippen molar-refractivity contribution in [3.05, 3.63) is 35.9 Å².